The molecule has 0 aromatic carbocycles. The second kappa shape index (κ2) is 31.9. The van der Waals surface area contributed by atoms with Crippen molar-refractivity contribution in [2.45, 2.75) is 142 Å². The number of rotatable bonds is 30. The lowest BCUT2D eigenvalue weighted by atomic mass is 10.1. The van der Waals surface area contributed by atoms with Crippen molar-refractivity contribution in [2.75, 3.05) is 39.5 Å². The number of ether oxygens (including phenoxy) is 2. The van der Waals surface area contributed by atoms with Gasteiger partial charge in [0, 0.05) is 19.4 Å². The molecule has 6 heteroatoms. The SMILES string of the molecule is CCCCCC/C=C\COC(=O)CCCCCCCN(CCO)CCCCCC(=O)OC/C=C\CCCCCC. The Balaban J connectivity index is 3.65. The first kappa shape index (κ1) is 38.3. The molecule has 40 heavy (non-hydrogen) atoms. The van der Waals surface area contributed by atoms with E-state index in [1.54, 1.807) is 0 Å². The summed E-state index contributed by atoms with van der Waals surface area (Å²) in [5.41, 5.74) is 0. The normalized spacial score (nSPS) is 11.7. The average Bonchev–Trinajstić information content (AvgIpc) is 2.95. The monoisotopic (exact) mass is 565 g/mol. The molecular weight excluding hydrogens is 502 g/mol. The van der Waals surface area contributed by atoms with E-state index in [0.717, 1.165) is 77.3 Å². The van der Waals surface area contributed by atoms with E-state index in [1.165, 1.54) is 51.4 Å². The molecule has 0 saturated heterocycles. The molecule has 0 atom stereocenters. The van der Waals surface area contributed by atoms with E-state index in [-0.39, 0.29) is 18.5 Å². The van der Waals surface area contributed by atoms with Crippen LogP contribution in [-0.2, 0) is 19.1 Å². The van der Waals surface area contributed by atoms with Gasteiger partial charge in [0.25, 0.3) is 0 Å². The first-order valence-corrected chi connectivity index (χ1v) is 16.6. The third-order valence-electron chi connectivity index (χ3n) is 7.09. The van der Waals surface area contributed by atoms with Gasteiger partial charge in [-0.25, -0.2) is 0 Å². The minimum atomic E-state index is -0.110. The maximum atomic E-state index is 11.9. The molecule has 0 rings (SSSR count). The van der Waals surface area contributed by atoms with Crippen LogP contribution in [0.15, 0.2) is 24.3 Å². The molecule has 0 aromatic heterocycles. The molecule has 0 unspecified atom stereocenters. The summed E-state index contributed by atoms with van der Waals surface area (Å²) in [6.45, 7) is 8.03. The summed E-state index contributed by atoms with van der Waals surface area (Å²) in [4.78, 5) is 26.0. The number of hydrogen-bond acceptors (Lipinski definition) is 6. The van der Waals surface area contributed by atoms with Gasteiger partial charge in [0.1, 0.15) is 13.2 Å². The van der Waals surface area contributed by atoms with Gasteiger partial charge in [-0.05, 0) is 64.5 Å². The number of nitrogens with zero attached hydrogens (tertiary/aromatic N) is 1. The summed E-state index contributed by atoms with van der Waals surface area (Å²) >= 11 is 0. The lowest BCUT2D eigenvalue weighted by Gasteiger charge is -2.21. The molecule has 1 N–H and O–H groups in total. The van der Waals surface area contributed by atoms with Gasteiger partial charge in [-0.2, -0.15) is 0 Å². The number of carbonyl (C=O) groups is 2. The van der Waals surface area contributed by atoms with Crippen molar-refractivity contribution in [1.82, 2.24) is 4.90 Å². The van der Waals surface area contributed by atoms with E-state index in [1.807, 2.05) is 12.2 Å². The first-order chi connectivity index (χ1) is 19.6. The summed E-state index contributed by atoms with van der Waals surface area (Å²) in [5.74, 6) is -0.205. The van der Waals surface area contributed by atoms with Gasteiger partial charge < -0.3 is 19.5 Å². The second-order valence-corrected chi connectivity index (χ2v) is 10.9. The molecule has 0 heterocycles. The number of aliphatic hydroxyl groups is 1. The number of esters is 2. The largest absolute Gasteiger partial charge is 0.461 e. The van der Waals surface area contributed by atoms with E-state index in [9.17, 15) is 14.7 Å². The molecule has 0 saturated carbocycles. The maximum absolute atomic E-state index is 11.9. The van der Waals surface area contributed by atoms with Gasteiger partial charge in [-0.1, -0.05) is 102 Å². The van der Waals surface area contributed by atoms with Gasteiger partial charge in [0.2, 0.25) is 0 Å². The van der Waals surface area contributed by atoms with E-state index in [4.69, 9.17) is 9.47 Å². The fourth-order valence-corrected chi connectivity index (χ4v) is 4.57. The fraction of sp³-hybridized carbons (Fsp3) is 0.824. The molecule has 234 valence electrons. The van der Waals surface area contributed by atoms with Crippen molar-refractivity contribution in [3.05, 3.63) is 24.3 Å². The number of aliphatic hydroxyl groups excluding tert-OH is 1. The standard InChI is InChI=1S/C34H63NO5/c1-3-5-7-9-11-16-23-31-39-33(37)25-19-14-13-15-21-27-35(29-30-36)28-22-18-20-26-34(38)40-32-24-17-12-10-8-6-4-2/h16-17,23-24,36H,3-15,18-22,25-32H2,1-2H3/b23-16-,24-17-. The lowest BCUT2D eigenvalue weighted by Crippen LogP contribution is -2.29. The van der Waals surface area contributed by atoms with Gasteiger partial charge in [-0.3, -0.25) is 9.59 Å². The molecule has 0 amide bonds. The van der Waals surface area contributed by atoms with Crippen molar-refractivity contribution in [3.8, 4) is 0 Å². The third kappa shape index (κ3) is 29.3. The zero-order chi connectivity index (χ0) is 29.4. The number of unbranched alkanes of at least 4 members (excludes halogenated alkanes) is 14. The Morgan fingerprint density at radius 3 is 1.45 bits per heavy atom. The Kier molecular flexibility index (Phi) is 30.5. The maximum Gasteiger partial charge on any atom is 0.306 e. The lowest BCUT2D eigenvalue weighted by molar-refractivity contribution is -0.143. The third-order valence-corrected chi connectivity index (χ3v) is 7.09. The molecule has 0 aliphatic rings. The summed E-state index contributed by atoms with van der Waals surface area (Å²) in [6.07, 6.45) is 29.5. The van der Waals surface area contributed by atoms with Crippen molar-refractivity contribution < 1.29 is 24.2 Å². The fourth-order valence-electron chi connectivity index (χ4n) is 4.57. The van der Waals surface area contributed by atoms with Crippen LogP contribution in [0.5, 0.6) is 0 Å². The second-order valence-electron chi connectivity index (χ2n) is 10.9. The molecule has 0 bridgehead atoms. The highest BCUT2D eigenvalue weighted by molar-refractivity contribution is 5.69. The molecule has 0 spiro atoms. The summed E-state index contributed by atoms with van der Waals surface area (Å²) in [7, 11) is 0. The molecule has 0 aliphatic heterocycles. The highest BCUT2D eigenvalue weighted by Crippen LogP contribution is 2.09. The summed E-state index contributed by atoms with van der Waals surface area (Å²) in [6, 6.07) is 0. The highest BCUT2D eigenvalue weighted by Gasteiger charge is 2.06. The van der Waals surface area contributed by atoms with E-state index < -0.39 is 0 Å². The molecular formula is C34H63NO5. The Bertz CT molecular complexity index is 619. The van der Waals surface area contributed by atoms with Crippen molar-refractivity contribution in [2.24, 2.45) is 0 Å². The van der Waals surface area contributed by atoms with Gasteiger partial charge in [0.05, 0.1) is 6.61 Å². The molecule has 0 fully saturated rings. The Morgan fingerprint density at radius 2 is 0.975 bits per heavy atom. The highest BCUT2D eigenvalue weighted by atomic mass is 16.5. The van der Waals surface area contributed by atoms with Crippen LogP contribution in [0.4, 0.5) is 0 Å². The van der Waals surface area contributed by atoms with Crippen molar-refractivity contribution >= 4 is 11.9 Å². The minimum absolute atomic E-state index is 0.0944. The number of allylic oxidation sites excluding steroid dienone is 2. The zero-order valence-corrected chi connectivity index (χ0v) is 26.2. The van der Waals surface area contributed by atoms with Gasteiger partial charge in [-0.15, -0.1) is 0 Å². The van der Waals surface area contributed by atoms with E-state index in [0.29, 0.717) is 32.6 Å². The van der Waals surface area contributed by atoms with Crippen LogP contribution < -0.4 is 0 Å². The smallest absolute Gasteiger partial charge is 0.306 e. The molecule has 0 radical (unpaired) electrons. The average molecular weight is 566 g/mol. The summed E-state index contributed by atoms with van der Waals surface area (Å²) < 4.78 is 10.6. The van der Waals surface area contributed by atoms with E-state index in [2.05, 4.69) is 30.9 Å². The molecule has 0 aliphatic carbocycles. The number of hydrogen-bond donors (Lipinski definition) is 1. The van der Waals surface area contributed by atoms with Crippen LogP contribution >= 0.6 is 0 Å². The zero-order valence-electron chi connectivity index (χ0n) is 26.2. The minimum Gasteiger partial charge on any atom is -0.461 e. The van der Waals surface area contributed by atoms with Crippen LogP contribution in [0, 0.1) is 0 Å². The number of carbonyl (C=O) groups excluding carboxylic acids is 2. The molecule has 0 aromatic rings. The van der Waals surface area contributed by atoms with Crippen LogP contribution in [0.25, 0.3) is 0 Å². The molecule has 6 nitrogen and oxygen atoms in total. The Hall–Kier alpha value is -1.66. The van der Waals surface area contributed by atoms with Gasteiger partial charge >= 0.3 is 11.9 Å². The van der Waals surface area contributed by atoms with Crippen LogP contribution in [0.3, 0.4) is 0 Å². The van der Waals surface area contributed by atoms with Crippen molar-refractivity contribution in [1.29, 1.82) is 0 Å². The van der Waals surface area contributed by atoms with Crippen molar-refractivity contribution in [3.63, 3.8) is 0 Å². The quantitative estimate of drug-likeness (QED) is 0.0536. The van der Waals surface area contributed by atoms with Crippen LogP contribution in [0.2, 0.25) is 0 Å². The van der Waals surface area contributed by atoms with Crippen LogP contribution in [-0.4, -0.2) is 61.4 Å². The Labute approximate surface area is 247 Å². The topological polar surface area (TPSA) is 76.1 Å². The van der Waals surface area contributed by atoms with Gasteiger partial charge in [0.15, 0.2) is 0 Å². The first-order valence-electron chi connectivity index (χ1n) is 16.6. The van der Waals surface area contributed by atoms with Crippen LogP contribution in [0.1, 0.15) is 142 Å². The predicted octanol–water partition coefficient (Wildman–Crippen LogP) is 8.32. The Morgan fingerprint density at radius 1 is 0.550 bits per heavy atom. The van der Waals surface area contributed by atoms with E-state index >= 15 is 0 Å². The predicted molar refractivity (Wildman–Crippen MR) is 167 cm³/mol. The summed E-state index contributed by atoms with van der Waals surface area (Å²) in [5, 5.41) is 9.39.